The summed E-state index contributed by atoms with van der Waals surface area (Å²) >= 11 is 0. The first kappa shape index (κ1) is 23.1. The third-order valence-corrected chi connectivity index (χ3v) is 4.89. The van der Waals surface area contributed by atoms with Crippen molar-refractivity contribution in [2.75, 3.05) is 46.1 Å². The number of morpholine rings is 1. The van der Waals surface area contributed by atoms with Gasteiger partial charge >= 0.3 is 0 Å². The molecule has 1 atom stereocenters. The van der Waals surface area contributed by atoms with Crippen LogP contribution >= 0.6 is 0 Å². The fraction of sp³-hybridized carbons (Fsp3) is 0.773. The van der Waals surface area contributed by atoms with Gasteiger partial charge in [-0.3, -0.25) is 9.88 Å². The molecule has 1 aromatic rings. The molecule has 3 rings (SSSR count). The highest BCUT2D eigenvalue weighted by Gasteiger charge is 2.11. The summed E-state index contributed by atoms with van der Waals surface area (Å²) in [5.74, 6) is 1.71. The van der Waals surface area contributed by atoms with Crippen molar-refractivity contribution < 1.29 is 9.47 Å². The van der Waals surface area contributed by atoms with Crippen molar-refractivity contribution in [2.24, 2.45) is 11.8 Å². The van der Waals surface area contributed by atoms with E-state index in [1.807, 2.05) is 24.5 Å². The molecule has 1 unspecified atom stereocenters. The summed E-state index contributed by atoms with van der Waals surface area (Å²) < 4.78 is 10.4. The molecular formula is C22H40N2O2. The first-order valence-electron chi connectivity index (χ1n) is 10.4. The average Bonchev–Trinajstić information content (AvgIpc) is 3.23. The predicted molar refractivity (Wildman–Crippen MR) is 110 cm³/mol. The lowest BCUT2D eigenvalue weighted by molar-refractivity contribution is 0.0360. The summed E-state index contributed by atoms with van der Waals surface area (Å²) in [5.41, 5.74) is 1.35. The normalized spacial score (nSPS) is 20.1. The van der Waals surface area contributed by atoms with Gasteiger partial charge in [0.05, 0.1) is 13.2 Å². The first-order chi connectivity index (χ1) is 12.7. The fourth-order valence-corrected chi connectivity index (χ4v) is 2.79. The molecule has 0 radical (unpaired) electrons. The quantitative estimate of drug-likeness (QED) is 0.773. The molecule has 4 nitrogen and oxygen atoms in total. The smallest absolute Gasteiger partial charge is 0.0594 e. The molecule has 3 heterocycles. The number of nitrogens with zero attached hydrogens (tertiary/aromatic N) is 2. The van der Waals surface area contributed by atoms with E-state index in [4.69, 9.17) is 9.47 Å². The van der Waals surface area contributed by atoms with Crippen LogP contribution in [0.5, 0.6) is 0 Å². The highest BCUT2D eigenvalue weighted by atomic mass is 16.5. The molecule has 0 spiro atoms. The second-order valence-electron chi connectivity index (χ2n) is 7.48. The molecule has 150 valence electrons. The minimum absolute atomic E-state index is 0.831. The van der Waals surface area contributed by atoms with E-state index in [2.05, 4.69) is 37.6 Å². The highest BCUT2D eigenvalue weighted by molar-refractivity contribution is 5.08. The van der Waals surface area contributed by atoms with Crippen LogP contribution in [0, 0.1) is 11.8 Å². The predicted octanol–water partition coefficient (Wildman–Crippen LogP) is 4.44. The molecule has 0 N–H and O–H groups in total. The second-order valence-corrected chi connectivity index (χ2v) is 7.48. The third kappa shape index (κ3) is 11.6. The van der Waals surface area contributed by atoms with Gasteiger partial charge in [-0.25, -0.2) is 0 Å². The lowest BCUT2D eigenvalue weighted by Gasteiger charge is -2.26. The van der Waals surface area contributed by atoms with Gasteiger partial charge in [0.1, 0.15) is 0 Å². The number of rotatable bonds is 5. The van der Waals surface area contributed by atoms with E-state index in [1.54, 1.807) is 0 Å². The van der Waals surface area contributed by atoms with Crippen LogP contribution in [0.4, 0.5) is 0 Å². The lowest BCUT2D eigenvalue weighted by Crippen LogP contribution is -2.37. The molecular weight excluding hydrogens is 324 g/mol. The van der Waals surface area contributed by atoms with Crippen LogP contribution in [0.15, 0.2) is 24.5 Å². The van der Waals surface area contributed by atoms with Gasteiger partial charge in [-0.2, -0.15) is 0 Å². The Hall–Kier alpha value is -0.970. The zero-order valence-electron chi connectivity index (χ0n) is 17.5. The fourth-order valence-electron chi connectivity index (χ4n) is 2.79. The third-order valence-electron chi connectivity index (χ3n) is 4.89. The van der Waals surface area contributed by atoms with Gasteiger partial charge < -0.3 is 9.47 Å². The minimum atomic E-state index is 0.831. The van der Waals surface area contributed by atoms with Crippen molar-refractivity contribution >= 4 is 0 Å². The Balaban J connectivity index is 0.000000201. The number of hydrogen-bond acceptors (Lipinski definition) is 4. The van der Waals surface area contributed by atoms with Crippen molar-refractivity contribution in [3.63, 3.8) is 0 Å². The molecule has 0 amide bonds. The summed E-state index contributed by atoms with van der Waals surface area (Å²) in [4.78, 5) is 6.38. The van der Waals surface area contributed by atoms with E-state index < -0.39 is 0 Å². The highest BCUT2D eigenvalue weighted by Crippen LogP contribution is 2.14. The molecule has 2 fully saturated rings. The summed E-state index contributed by atoms with van der Waals surface area (Å²) in [5, 5.41) is 0. The molecule has 0 aromatic carbocycles. The van der Waals surface area contributed by atoms with E-state index in [-0.39, 0.29) is 0 Å². The maximum Gasteiger partial charge on any atom is 0.0594 e. The lowest BCUT2D eigenvalue weighted by atomic mass is 10.1. The van der Waals surface area contributed by atoms with Crippen molar-refractivity contribution in [3.8, 4) is 0 Å². The van der Waals surface area contributed by atoms with Crippen LogP contribution in [0.1, 0.15) is 52.5 Å². The molecule has 4 heteroatoms. The van der Waals surface area contributed by atoms with Crippen LogP contribution in [-0.2, 0) is 15.9 Å². The van der Waals surface area contributed by atoms with E-state index in [9.17, 15) is 0 Å². The van der Waals surface area contributed by atoms with Gasteiger partial charge in [0, 0.05) is 38.7 Å². The largest absolute Gasteiger partial charge is 0.381 e. The van der Waals surface area contributed by atoms with Gasteiger partial charge in [0.15, 0.2) is 0 Å². The molecule has 0 aliphatic carbocycles. The number of aryl methyl sites for hydroxylation is 1. The number of hydrogen-bond donors (Lipinski definition) is 0. The molecule has 26 heavy (non-hydrogen) atoms. The van der Waals surface area contributed by atoms with Gasteiger partial charge in [0.25, 0.3) is 0 Å². The number of pyridine rings is 1. The Morgan fingerprint density at radius 1 is 1.08 bits per heavy atom. The van der Waals surface area contributed by atoms with Crippen LogP contribution in [-0.4, -0.2) is 55.9 Å². The number of aromatic nitrogens is 1. The standard InChI is InChI=1S/C9H19NO.C7H9N.C6H12O/c1-9(2)3-4-10-5-7-11-8-6-10;1-2-7-3-5-8-6-4-7;1-2-6-3-4-7-5-6/h9H,3-8H2,1-2H3;3-6H,2H2,1H3;6H,2-5H2,1H3. The minimum Gasteiger partial charge on any atom is -0.381 e. The van der Waals surface area contributed by atoms with Crippen LogP contribution in [0.2, 0.25) is 0 Å². The van der Waals surface area contributed by atoms with Crippen molar-refractivity contribution in [2.45, 2.75) is 53.4 Å². The molecule has 2 aliphatic heterocycles. The van der Waals surface area contributed by atoms with Gasteiger partial charge in [-0.1, -0.05) is 34.1 Å². The van der Waals surface area contributed by atoms with Crippen LogP contribution in [0.3, 0.4) is 0 Å². The Kier molecular flexibility index (Phi) is 13.4. The summed E-state index contributed by atoms with van der Waals surface area (Å²) in [6.07, 6.45) is 8.64. The maximum atomic E-state index is 5.26. The summed E-state index contributed by atoms with van der Waals surface area (Å²) in [7, 11) is 0. The Morgan fingerprint density at radius 2 is 1.77 bits per heavy atom. The monoisotopic (exact) mass is 364 g/mol. The molecule has 2 aliphatic rings. The topological polar surface area (TPSA) is 34.6 Å². The number of ether oxygens (including phenoxy) is 2. The Labute approximate surface area is 161 Å². The van der Waals surface area contributed by atoms with Crippen molar-refractivity contribution in [3.05, 3.63) is 30.1 Å². The molecule has 0 saturated carbocycles. The molecule has 1 aromatic heterocycles. The Morgan fingerprint density at radius 3 is 2.19 bits per heavy atom. The SMILES string of the molecule is CC(C)CCN1CCOCC1.CCC1CCOC1.CCc1ccncc1. The zero-order chi connectivity index (χ0) is 19.0. The van der Waals surface area contributed by atoms with Gasteiger partial charge in [0.2, 0.25) is 0 Å². The summed E-state index contributed by atoms with van der Waals surface area (Å²) in [6.45, 7) is 16.3. The van der Waals surface area contributed by atoms with Crippen LogP contribution in [0.25, 0.3) is 0 Å². The van der Waals surface area contributed by atoms with E-state index >= 15 is 0 Å². The zero-order valence-corrected chi connectivity index (χ0v) is 17.5. The van der Waals surface area contributed by atoms with E-state index in [0.29, 0.717) is 0 Å². The summed E-state index contributed by atoms with van der Waals surface area (Å²) in [6, 6.07) is 4.06. The van der Waals surface area contributed by atoms with E-state index in [1.165, 1.54) is 31.4 Å². The van der Waals surface area contributed by atoms with Gasteiger partial charge in [-0.05, 0) is 55.3 Å². The second kappa shape index (κ2) is 15.1. The van der Waals surface area contributed by atoms with Crippen molar-refractivity contribution in [1.29, 1.82) is 0 Å². The molecule has 2 saturated heterocycles. The van der Waals surface area contributed by atoms with E-state index in [0.717, 1.165) is 57.8 Å². The Bertz CT molecular complexity index is 413. The average molecular weight is 365 g/mol. The molecule has 0 bridgehead atoms. The first-order valence-corrected chi connectivity index (χ1v) is 10.4. The van der Waals surface area contributed by atoms with Crippen LogP contribution < -0.4 is 0 Å². The maximum absolute atomic E-state index is 5.26. The van der Waals surface area contributed by atoms with Gasteiger partial charge in [-0.15, -0.1) is 0 Å². The van der Waals surface area contributed by atoms with Crippen molar-refractivity contribution in [1.82, 2.24) is 9.88 Å².